The summed E-state index contributed by atoms with van der Waals surface area (Å²) in [5.41, 5.74) is -0.811. The van der Waals surface area contributed by atoms with Crippen LogP contribution in [-0.2, 0) is 17.5 Å². The van der Waals surface area contributed by atoms with E-state index >= 15 is 0 Å². The zero-order valence-corrected chi connectivity index (χ0v) is 22.2. The van der Waals surface area contributed by atoms with Gasteiger partial charge in [-0.25, -0.2) is 9.18 Å². The second kappa shape index (κ2) is 11.2. The Hall–Kier alpha value is -2.36. The van der Waals surface area contributed by atoms with E-state index in [-0.39, 0.29) is 35.7 Å². The van der Waals surface area contributed by atoms with E-state index in [1.165, 1.54) is 13.1 Å². The lowest BCUT2D eigenvalue weighted by atomic mass is 9.82. The number of carbonyl (C=O) groups is 2. The van der Waals surface area contributed by atoms with E-state index < -0.39 is 29.7 Å². The van der Waals surface area contributed by atoms with E-state index in [2.05, 4.69) is 26.1 Å². The summed E-state index contributed by atoms with van der Waals surface area (Å²) < 4.78 is 53.0. The highest BCUT2D eigenvalue weighted by molar-refractivity contribution is 5.85. The van der Waals surface area contributed by atoms with Crippen molar-refractivity contribution in [2.75, 3.05) is 20.1 Å². The summed E-state index contributed by atoms with van der Waals surface area (Å²) in [7, 11) is 1.42. The van der Waals surface area contributed by atoms with E-state index in [4.69, 9.17) is 0 Å². The van der Waals surface area contributed by atoms with Gasteiger partial charge in [0.25, 0.3) is 0 Å². The topological polar surface area (TPSA) is 72.9 Å². The molecule has 2 fully saturated rings. The molecule has 6 nitrogen and oxygen atoms in total. The van der Waals surface area contributed by atoms with Gasteiger partial charge in [0.2, 0.25) is 5.91 Å². The number of carboxylic acid groups (broad SMARTS) is 1. The van der Waals surface area contributed by atoms with Crippen molar-refractivity contribution >= 4 is 12.0 Å². The van der Waals surface area contributed by atoms with Gasteiger partial charge in [0.05, 0.1) is 5.56 Å². The Morgan fingerprint density at radius 3 is 2.46 bits per heavy atom. The Balaban J connectivity index is 1.64. The number of benzene rings is 1. The van der Waals surface area contributed by atoms with Crippen LogP contribution < -0.4 is 5.32 Å². The van der Waals surface area contributed by atoms with Crippen LogP contribution in [0.25, 0.3) is 0 Å². The van der Waals surface area contributed by atoms with Crippen LogP contribution in [0, 0.1) is 29.0 Å². The molecule has 0 aromatic heterocycles. The van der Waals surface area contributed by atoms with E-state index in [9.17, 15) is 32.3 Å². The molecule has 2 aliphatic rings. The number of hydrogen-bond acceptors (Lipinski definition) is 3. The maximum absolute atomic E-state index is 13.7. The fraction of sp³-hybridized carbons (Fsp3) is 0.704. The number of likely N-dealkylation sites (N-methyl/N-ethyl adjacent to an activating group) is 1. The number of nitrogens with one attached hydrogen (secondary N) is 1. The Bertz CT molecular complexity index is 979. The molecule has 1 unspecified atom stereocenters. The lowest BCUT2D eigenvalue weighted by Gasteiger charge is -2.31. The first kappa shape index (κ1) is 29.2. The van der Waals surface area contributed by atoms with Crippen molar-refractivity contribution in [2.24, 2.45) is 23.2 Å². The molecule has 0 bridgehead atoms. The van der Waals surface area contributed by atoms with Gasteiger partial charge in [-0.15, -0.1) is 0 Å². The summed E-state index contributed by atoms with van der Waals surface area (Å²) in [6.07, 6.45) is -2.97. The highest BCUT2D eigenvalue weighted by Crippen LogP contribution is 2.39. The first-order chi connectivity index (χ1) is 17.0. The number of likely N-dealkylation sites (tertiary alicyclic amines) is 1. The van der Waals surface area contributed by atoms with E-state index in [1.54, 1.807) is 0 Å². The Morgan fingerprint density at radius 2 is 1.86 bits per heavy atom. The Morgan fingerprint density at radius 1 is 1.19 bits per heavy atom. The molecule has 37 heavy (non-hydrogen) atoms. The predicted octanol–water partition coefficient (Wildman–Crippen LogP) is 5.61. The molecule has 1 aliphatic heterocycles. The third kappa shape index (κ3) is 7.58. The molecule has 1 saturated carbocycles. The second-order valence-corrected chi connectivity index (χ2v) is 12.1. The van der Waals surface area contributed by atoms with Gasteiger partial charge in [0.1, 0.15) is 11.9 Å². The van der Waals surface area contributed by atoms with Crippen LogP contribution in [0.4, 0.5) is 22.4 Å². The summed E-state index contributed by atoms with van der Waals surface area (Å²) in [5, 5.41) is 12.7. The average molecular weight is 530 g/mol. The number of nitrogens with zero attached hydrogens (tertiary/aromatic N) is 2. The van der Waals surface area contributed by atoms with Gasteiger partial charge < -0.3 is 10.4 Å². The van der Waals surface area contributed by atoms with Gasteiger partial charge in [-0.05, 0) is 66.5 Å². The molecule has 0 radical (unpaired) electrons. The van der Waals surface area contributed by atoms with Crippen molar-refractivity contribution in [3.05, 3.63) is 35.1 Å². The van der Waals surface area contributed by atoms with E-state index in [0.717, 1.165) is 36.3 Å². The SMILES string of the molecule is C[C@@H](CC(C(=O)N[C@@H]1CC[C@H]2CN(Cc3ccc(F)c(C(F)(F)F)c3)C[C@H]21)N(C)C(=O)O)CC(C)(C)C. The molecule has 5 atom stereocenters. The van der Waals surface area contributed by atoms with Gasteiger partial charge in [0.15, 0.2) is 0 Å². The number of halogens is 4. The molecule has 1 heterocycles. The summed E-state index contributed by atoms with van der Waals surface area (Å²) in [5.74, 6) is -1.01. The lowest BCUT2D eigenvalue weighted by molar-refractivity contribution is -0.140. The van der Waals surface area contributed by atoms with Crippen LogP contribution in [0.5, 0.6) is 0 Å². The average Bonchev–Trinajstić information content (AvgIpc) is 3.31. The number of amides is 2. The molecule has 208 valence electrons. The fourth-order valence-corrected chi connectivity index (χ4v) is 6.18. The third-order valence-corrected chi connectivity index (χ3v) is 7.66. The maximum Gasteiger partial charge on any atom is 0.419 e. The number of carbonyl (C=O) groups excluding carboxylic acids is 1. The normalized spacial score (nSPS) is 24.0. The van der Waals surface area contributed by atoms with E-state index in [1.807, 2.05) is 11.8 Å². The molecule has 1 aromatic carbocycles. The molecular formula is C27H39F4N3O3. The van der Waals surface area contributed by atoms with Crippen molar-refractivity contribution in [3.8, 4) is 0 Å². The summed E-state index contributed by atoms with van der Waals surface area (Å²) in [6, 6.07) is 2.18. The third-order valence-electron chi connectivity index (χ3n) is 7.66. The van der Waals surface area contributed by atoms with Gasteiger partial charge in [-0.1, -0.05) is 33.8 Å². The minimum atomic E-state index is -4.75. The van der Waals surface area contributed by atoms with Crippen LogP contribution >= 0.6 is 0 Å². The smallest absolute Gasteiger partial charge is 0.419 e. The van der Waals surface area contributed by atoms with Crippen LogP contribution in [0.3, 0.4) is 0 Å². The first-order valence-electron chi connectivity index (χ1n) is 12.9. The zero-order chi connectivity index (χ0) is 27.7. The van der Waals surface area contributed by atoms with Gasteiger partial charge in [0, 0.05) is 32.7 Å². The van der Waals surface area contributed by atoms with Crippen molar-refractivity contribution in [1.29, 1.82) is 0 Å². The van der Waals surface area contributed by atoms with Crippen LogP contribution in [-0.4, -0.2) is 59.1 Å². The highest BCUT2D eigenvalue weighted by Gasteiger charge is 2.44. The van der Waals surface area contributed by atoms with Gasteiger partial charge >= 0.3 is 12.3 Å². The number of hydrogen-bond donors (Lipinski definition) is 2. The minimum Gasteiger partial charge on any atom is -0.465 e. The lowest BCUT2D eigenvalue weighted by Crippen LogP contribution is -2.52. The molecule has 1 aromatic rings. The number of fused-ring (bicyclic) bond motifs is 1. The monoisotopic (exact) mass is 529 g/mol. The van der Waals surface area contributed by atoms with Crippen LogP contribution in [0.1, 0.15) is 64.5 Å². The van der Waals surface area contributed by atoms with Gasteiger partial charge in [-0.2, -0.15) is 13.2 Å². The maximum atomic E-state index is 13.7. The van der Waals surface area contributed by atoms with E-state index in [0.29, 0.717) is 31.0 Å². The van der Waals surface area contributed by atoms with Crippen molar-refractivity contribution in [2.45, 2.75) is 78.2 Å². The molecule has 2 N–H and O–H groups in total. The molecule has 3 rings (SSSR count). The van der Waals surface area contributed by atoms with Crippen molar-refractivity contribution in [1.82, 2.24) is 15.1 Å². The Labute approximate surface area is 216 Å². The highest BCUT2D eigenvalue weighted by atomic mass is 19.4. The zero-order valence-electron chi connectivity index (χ0n) is 22.2. The first-order valence-corrected chi connectivity index (χ1v) is 12.9. The quantitative estimate of drug-likeness (QED) is 0.430. The van der Waals surface area contributed by atoms with Gasteiger partial charge in [-0.3, -0.25) is 14.6 Å². The van der Waals surface area contributed by atoms with Crippen LogP contribution in [0.15, 0.2) is 18.2 Å². The molecule has 1 saturated heterocycles. The standard InChI is InChI=1S/C27H39F4N3O3/c1-16(12-26(2,3)4)10-23(33(5)25(36)37)24(35)32-22-9-7-18-14-34(15-19(18)22)13-17-6-8-21(28)20(11-17)27(29,30)31/h6,8,11,16,18-19,22-23H,7,9-10,12-15H2,1-5H3,(H,32,35)(H,36,37)/t16-,18-,19+,22+,23?/m0/s1. The predicted molar refractivity (Wildman–Crippen MR) is 132 cm³/mol. The summed E-state index contributed by atoms with van der Waals surface area (Å²) in [4.78, 5) is 28.1. The number of alkyl halides is 3. The molecule has 2 amide bonds. The summed E-state index contributed by atoms with van der Waals surface area (Å²) >= 11 is 0. The largest absolute Gasteiger partial charge is 0.465 e. The fourth-order valence-electron chi connectivity index (χ4n) is 6.18. The molecule has 10 heteroatoms. The minimum absolute atomic E-state index is 0.0552. The van der Waals surface area contributed by atoms with Crippen LogP contribution in [0.2, 0.25) is 0 Å². The molecule has 1 aliphatic carbocycles. The van der Waals surface area contributed by atoms with Crippen molar-refractivity contribution in [3.63, 3.8) is 0 Å². The van der Waals surface area contributed by atoms with Crippen molar-refractivity contribution < 1.29 is 32.3 Å². The molecular weight excluding hydrogens is 490 g/mol. The Kier molecular flexibility index (Phi) is 8.82. The number of rotatable bonds is 8. The molecule has 0 spiro atoms. The summed E-state index contributed by atoms with van der Waals surface area (Å²) in [6.45, 7) is 9.93. The second-order valence-electron chi connectivity index (χ2n) is 12.1.